The zero-order valence-electron chi connectivity index (χ0n) is 12.2. The fourth-order valence-electron chi connectivity index (χ4n) is 3.15. The van der Waals surface area contributed by atoms with Crippen LogP contribution in [0.2, 0.25) is 0 Å². The zero-order chi connectivity index (χ0) is 14.2. The maximum Gasteiger partial charge on any atom is 0.246 e. The van der Waals surface area contributed by atoms with Gasteiger partial charge in [0.2, 0.25) is 11.8 Å². The molecule has 1 N–H and O–H groups in total. The Labute approximate surface area is 114 Å². The van der Waals surface area contributed by atoms with Crippen LogP contribution in [-0.2, 0) is 14.3 Å². The minimum absolute atomic E-state index is 0.0351. The summed E-state index contributed by atoms with van der Waals surface area (Å²) >= 11 is 0. The van der Waals surface area contributed by atoms with Crippen LogP contribution in [-0.4, -0.2) is 47.0 Å². The third kappa shape index (κ3) is 2.24. The normalized spacial score (nSPS) is 39.6. The predicted molar refractivity (Wildman–Crippen MR) is 71.6 cm³/mol. The van der Waals surface area contributed by atoms with Gasteiger partial charge in [0.05, 0.1) is 11.6 Å². The second-order valence-electron chi connectivity index (χ2n) is 5.85. The fourth-order valence-corrected chi connectivity index (χ4v) is 3.15. The average Bonchev–Trinajstić information content (AvgIpc) is 2.68. The minimum atomic E-state index is -0.422. The average molecular weight is 268 g/mol. The molecule has 2 amide bonds. The summed E-state index contributed by atoms with van der Waals surface area (Å²) in [4.78, 5) is 26.5. The Kier molecular flexibility index (Phi) is 3.85. The van der Waals surface area contributed by atoms with Crippen LogP contribution >= 0.6 is 0 Å². The highest BCUT2D eigenvalue weighted by Crippen LogP contribution is 2.35. The summed E-state index contributed by atoms with van der Waals surface area (Å²) in [6, 6.07) is -0.798. The molecule has 108 valence electrons. The summed E-state index contributed by atoms with van der Waals surface area (Å²) in [5.74, 6) is -0.0211. The molecular formula is C14H24N2O3. The third-order valence-electron chi connectivity index (χ3n) is 4.60. The molecule has 0 bridgehead atoms. The largest absolute Gasteiger partial charge is 0.376 e. The van der Waals surface area contributed by atoms with Gasteiger partial charge in [-0.2, -0.15) is 0 Å². The second kappa shape index (κ2) is 5.12. The number of ether oxygens (including phenoxy) is 1. The summed E-state index contributed by atoms with van der Waals surface area (Å²) in [7, 11) is 0. The molecule has 2 fully saturated rings. The van der Waals surface area contributed by atoms with Gasteiger partial charge < -0.3 is 15.0 Å². The quantitative estimate of drug-likeness (QED) is 0.833. The molecule has 0 aromatic carbocycles. The lowest BCUT2D eigenvalue weighted by molar-refractivity contribution is -0.158. The Hall–Kier alpha value is -1.10. The van der Waals surface area contributed by atoms with E-state index in [0.29, 0.717) is 13.0 Å². The first-order valence-electron chi connectivity index (χ1n) is 7.17. The van der Waals surface area contributed by atoms with Crippen LogP contribution in [0.5, 0.6) is 0 Å². The third-order valence-corrected chi connectivity index (χ3v) is 4.60. The molecule has 4 unspecified atom stereocenters. The van der Waals surface area contributed by atoms with E-state index >= 15 is 0 Å². The van der Waals surface area contributed by atoms with Crippen molar-refractivity contribution in [2.45, 2.75) is 70.7 Å². The summed E-state index contributed by atoms with van der Waals surface area (Å²) in [5.41, 5.74) is -0.375. The Bertz CT molecular complexity index is 385. The molecule has 0 aromatic heterocycles. The molecule has 2 saturated heterocycles. The zero-order valence-corrected chi connectivity index (χ0v) is 12.2. The van der Waals surface area contributed by atoms with E-state index in [2.05, 4.69) is 5.32 Å². The van der Waals surface area contributed by atoms with E-state index in [4.69, 9.17) is 4.74 Å². The smallest absolute Gasteiger partial charge is 0.246 e. The van der Waals surface area contributed by atoms with Crippen molar-refractivity contribution >= 4 is 11.8 Å². The number of rotatable bonds is 3. The van der Waals surface area contributed by atoms with Crippen molar-refractivity contribution in [3.05, 3.63) is 0 Å². The van der Waals surface area contributed by atoms with E-state index < -0.39 is 6.04 Å². The highest BCUT2D eigenvalue weighted by Gasteiger charge is 2.51. The molecule has 2 aliphatic rings. The van der Waals surface area contributed by atoms with Crippen molar-refractivity contribution in [2.75, 3.05) is 6.61 Å². The van der Waals surface area contributed by atoms with Gasteiger partial charge in [-0.1, -0.05) is 13.3 Å². The van der Waals surface area contributed by atoms with Crippen molar-refractivity contribution in [1.29, 1.82) is 0 Å². The number of nitrogens with one attached hydrogen (secondary N) is 1. The summed E-state index contributed by atoms with van der Waals surface area (Å²) in [6.45, 7) is 8.47. The second-order valence-corrected chi connectivity index (χ2v) is 5.85. The van der Waals surface area contributed by atoms with Gasteiger partial charge in [-0.05, 0) is 33.6 Å². The van der Waals surface area contributed by atoms with Crippen LogP contribution in [0.25, 0.3) is 0 Å². The van der Waals surface area contributed by atoms with Crippen molar-refractivity contribution < 1.29 is 14.3 Å². The first-order chi connectivity index (χ1) is 8.91. The number of hydrogen-bond donors (Lipinski definition) is 1. The monoisotopic (exact) mass is 268 g/mol. The van der Waals surface area contributed by atoms with Crippen molar-refractivity contribution in [2.24, 2.45) is 0 Å². The van der Waals surface area contributed by atoms with Crippen LogP contribution in [0.4, 0.5) is 0 Å². The molecule has 2 heterocycles. The van der Waals surface area contributed by atoms with Crippen LogP contribution in [0.3, 0.4) is 0 Å². The highest BCUT2D eigenvalue weighted by molar-refractivity contribution is 5.97. The number of piperazine rings is 1. The molecule has 19 heavy (non-hydrogen) atoms. The molecule has 5 heteroatoms. The maximum absolute atomic E-state index is 12.7. The van der Waals surface area contributed by atoms with Crippen molar-refractivity contribution in [3.8, 4) is 0 Å². The summed E-state index contributed by atoms with van der Waals surface area (Å²) in [5, 5.41) is 2.83. The van der Waals surface area contributed by atoms with Gasteiger partial charge in [-0.15, -0.1) is 0 Å². The van der Waals surface area contributed by atoms with Crippen molar-refractivity contribution in [3.63, 3.8) is 0 Å². The van der Waals surface area contributed by atoms with Gasteiger partial charge in [-0.25, -0.2) is 0 Å². The standard InChI is InChI=1S/C14H24N2O3/c1-5-6-11-13(18)16(9(2)12(17)15-11)14(4)7-8-19-10(14)3/h9-11H,5-8H2,1-4H3,(H,15,17). The van der Waals surface area contributed by atoms with E-state index in [0.717, 1.165) is 12.8 Å². The maximum atomic E-state index is 12.7. The number of nitrogens with zero attached hydrogens (tertiary/aromatic N) is 1. The van der Waals surface area contributed by atoms with Gasteiger partial charge >= 0.3 is 0 Å². The van der Waals surface area contributed by atoms with Crippen LogP contribution < -0.4 is 5.32 Å². The molecule has 0 radical (unpaired) electrons. The Morgan fingerprint density at radius 3 is 2.63 bits per heavy atom. The highest BCUT2D eigenvalue weighted by atomic mass is 16.5. The van der Waals surface area contributed by atoms with E-state index in [1.165, 1.54) is 0 Å². The molecule has 0 aromatic rings. The molecule has 0 saturated carbocycles. The molecule has 2 rings (SSSR count). The van der Waals surface area contributed by atoms with Gasteiger partial charge in [0, 0.05) is 6.61 Å². The summed E-state index contributed by atoms with van der Waals surface area (Å²) in [6.07, 6.45) is 2.32. The number of carbonyl (C=O) groups excluding carboxylic acids is 2. The molecule has 2 aliphatic heterocycles. The van der Waals surface area contributed by atoms with E-state index in [-0.39, 0.29) is 29.5 Å². The topological polar surface area (TPSA) is 58.6 Å². The van der Waals surface area contributed by atoms with E-state index in [1.54, 1.807) is 11.8 Å². The minimum Gasteiger partial charge on any atom is -0.376 e. The molecule has 4 atom stereocenters. The first kappa shape index (κ1) is 14.3. The van der Waals surface area contributed by atoms with Gasteiger partial charge in [-0.3, -0.25) is 9.59 Å². The van der Waals surface area contributed by atoms with Gasteiger partial charge in [0.25, 0.3) is 0 Å². The molecular weight excluding hydrogens is 244 g/mol. The van der Waals surface area contributed by atoms with Crippen LogP contribution in [0.15, 0.2) is 0 Å². The van der Waals surface area contributed by atoms with Crippen LogP contribution in [0.1, 0.15) is 47.0 Å². The number of hydrogen-bond acceptors (Lipinski definition) is 3. The Balaban J connectivity index is 2.30. The number of carbonyl (C=O) groups is 2. The summed E-state index contributed by atoms with van der Waals surface area (Å²) < 4.78 is 5.62. The lowest BCUT2D eigenvalue weighted by atomic mass is 9.88. The molecule has 0 aliphatic carbocycles. The lowest BCUT2D eigenvalue weighted by Gasteiger charge is -2.48. The van der Waals surface area contributed by atoms with E-state index in [9.17, 15) is 9.59 Å². The SMILES string of the molecule is CCCC1NC(=O)C(C)N(C2(C)CCOC2C)C1=O. The van der Waals surface area contributed by atoms with Crippen molar-refractivity contribution in [1.82, 2.24) is 10.2 Å². The predicted octanol–water partition coefficient (Wildman–Crippen LogP) is 1.07. The first-order valence-corrected chi connectivity index (χ1v) is 7.17. The molecule has 0 spiro atoms. The van der Waals surface area contributed by atoms with Gasteiger partial charge in [0.15, 0.2) is 0 Å². The Morgan fingerprint density at radius 1 is 1.42 bits per heavy atom. The van der Waals surface area contributed by atoms with E-state index in [1.807, 2.05) is 20.8 Å². The lowest BCUT2D eigenvalue weighted by Crippen LogP contribution is -2.69. The van der Waals surface area contributed by atoms with Crippen LogP contribution in [0, 0.1) is 0 Å². The molecule has 5 nitrogen and oxygen atoms in total. The fraction of sp³-hybridized carbons (Fsp3) is 0.857. The van der Waals surface area contributed by atoms with Gasteiger partial charge in [0.1, 0.15) is 12.1 Å². The Morgan fingerprint density at radius 2 is 2.11 bits per heavy atom. The number of amides is 2.